The van der Waals surface area contributed by atoms with Crippen LogP contribution in [0.2, 0.25) is 0 Å². The number of anilines is 1. The second kappa shape index (κ2) is 7.39. The van der Waals surface area contributed by atoms with Crippen LogP contribution in [0.3, 0.4) is 0 Å². The second-order valence-corrected chi connectivity index (χ2v) is 5.42. The van der Waals surface area contributed by atoms with Gasteiger partial charge in [0, 0.05) is 12.1 Å². The molecule has 3 rings (SSSR count). The molecule has 1 unspecified atom stereocenters. The van der Waals surface area contributed by atoms with Gasteiger partial charge in [0.2, 0.25) is 5.91 Å². The predicted octanol–water partition coefficient (Wildman–Crippen LogP) is 2.46. The molecule has 1 atom stereocenters. The lowest BCUT2D eigenvalue weighted by Gasteiger charge is -2.13. The van der Waals surface area contributed by atoms with Gasteiger partial charge in [0.15, 0.2) is 0 Å². The number of nitrogens with one attached hydrogen (secondary N) is 1. The van der Waals surface area contributed by atoms with Crippen LogP contribution in [0.4, 0.5) is 5.69 Å². The molecule has 0 aliphatic carbocycles. The number of benzene rings is 2. The molecule has 0 aliphatic rings. The number of hydrogen-bond donors (Lipinski definition) is 2. The molecule has 0 saturated heterocycles. The van der Waals surface area contributed by atoms with Gasteiger partial charge in [-0.2, -0.15) is 15.0 Å². The maximum absolute atomic E-state index is 12.2. The van der Waals surface area contributed by atoms with Gasteiger partial charge in [0.05, 0.1) is 24.0 Å². The number of amides is 1. The van der Waals surface area contributed by atoms with Crippen molar-refractivity contribution >= 4 is 17.6 Å². The number of rotatable bonds is 6. The Labute approximate surface area is 143 Å². The standard InChI is InChI=1S/C18H16N4O3/c23-17(12-16(18(24)25)13-4-2-1-3-5-13)21-14-6-8-15(9-7-14)22-19-10-11-20-22/h1-11,16H,12H2,(H,21,23)(H,24,25). The summed E-state index contributed by atoms with van der Waals surface area (Å²) in [4.78, 5) is 25.1. The van der Waals surface area contributed by atoms with E-state index in [0.717, 1.165) is 5.69 Å². The molecule has 2 N–H and O–H groups in total. The molecule has 0 fully saturated rings. The van der Waals surface area contributed by atoms with E-state index in [0.29, 0.717) is 11.3 Å². The largest absolute Gasteiger partial charge is 0.481 e. The SMILES string of the molecule is O=C(CC(C(=O)O)c1ccccc1)Nc1ccc(-n2nccn2)cc1. The number of carboxylic acid groups (broad SMARTS) is 1. The molecular weight excluding hydrogens is 320 g/mol. The van der Waals surface area contributed by atoms with Crippen molar-refractivity contribution in [1.82, 2.24) is 15.0 Å². The van der Waals surface area contributed by atoms with Gasteiger partial charge >= 0.3 is 5.97 Å². The number of aliphatic carboxylic acids is 1. The van der Waals surface area contributed by atoms with Crippen molar-refractivity contribution < 1.29 is 14.7 Å². The quantitative estimate of drug-likeness (QED) is 0.721. The Morgan fingerprint density at radius 2 is 1.64 bits per heavy atom. The first kappa shape index (κ1) is 16.4. The normalized spacial score (nSPS) is 11.7. The Balaban J connectivity index is 1.66. The van der Waals surface area contributed by atoms with E-state index < -0.39 is 11.9 Å². The summed E-state index contributed by atoms with van der Waals surface area (Å²) in [6, 6.07) is 15.7. The Morgan fingerprint density at radius 1 is 1.00 bits per heavy atom. The van der Waals surface area contributed by atoms with Crippen molar-refractivity contribution in [2.24, 2.45) is 0 Å². The van der Waals surface area contributed by atoms with Crippen molar-refractivity contribution in [3.63, 3.8) is 0 Å². The monoisotopic (exact) mass is 336 g/mol. The minimum absolute atomic E-state index is 0.137. The molecule has 3 aromatic rings. The summed E-state index contributed by atoms with van der Waals surface area (Å²) in [5.74, 6) is -2.27. The van der Waals surface area contributed by atoms with Crippen LogP contribution in [0.1, 0.15) is 17.9 Å². The Morgan fingerprint density at radius 3 is 2.24 bits per heavy atom. The van der Waals surface area contributed by atoms with Crippen molar-refractivity contribution in [1.29, 1.82) is 0 Å². The van der Waals surface area contributed by atoms with E-state index in [1.807, 2.05) is 0 Å². The van der Waals surface area contributed by atoms with Crippen LogP contribution in [0.5, 0.6) is 0 Å². The van der Waals surface area contributed by atoms with E-state index in [9.17, 15) is 14.7 Å². The third-order valence-electron chi connectivity index (χ3n) is 3.69. The highest BCUT2D eigenvalue weighted by Crippen LogP contribution is 2.21. The van der Waals surface area contributed by atoms with Gasteiger partial charge < -0.3 is 10.4 Å². The van der Waals surface area contributed by atoms with Crippen LogP contribution in [0.15, 0.2) is 67.0 Å². The molecule has 25 heavy (non-hydrogen) atoms. The summed E-state index contributed by atoms with van der Waals surface area (Å²) in [7, 11) is 0. The van der Waals surface area contributed by atoms with Gasteiger partial charge in [-0.25, -0.2) is 0 Å². The fraction of sp³-hybridized carbons (Fsp3) is 0.111. The minimum Gasteiger partial charge on any atom is -0.481 e. The Bertz CT molecular complexity index is 846. The first-order valence-corrected chi connectivity index (χ1v) is 7.68. The van der Waals surface area contributed by atoms with Gasteiger partial charge in [-0.3, -0.25) is 9.59 Å². The molecule has 2 aromatic carbocycles. The zero-order chi connectivity index (χ0) is 17.6. The zero-order valence-corrected chi connectivity index (χ0v) is 13.2. The molecule has 0 radical (unpaired) electrons. The molecular formula is C18H16N4O3. The molecule has 1 amide bonds. The van der Waals surface area contributed by atoms with Crippen molar-refractivity contribution in [3.05, 3.63) is 72.6 Å². The molecule has 0 spiro atoms. The molecule has 0 aliphatic heterocycles. The fourth-order valence-electron chi connectivity index (χ4n) is 2.46. The van der Waals surface area contributed by atoms with Gasteiger partial charge in [-0.1, -0.05) is 30.3 Å². The van der Waals surface area contributed by atoms with Crippen LogP contribution in [0.25, 0.3) is 5.69 Å². The fourth-order valence-corrected chi connectivity index (χ4v) is 2.46. The lowest BCUT2D eigenvalue weighted by Crippen LogP contribution is -2.20. The summed E-state index contributed by atoms with van der Waals surface area (Å²) in [5.41, 5.74) is 1.94. The molecule has 1 aromatic heterocycles. The van der Waals surface area contributed by atoms with Crippen LogP contribution in [-0.2, 0) is 9.59 Å². The lowest BCUT2D eigenvalue weighted by atomic mass is 9.95. The smallest absolute Gasteiger partial charge is 0.311 e. The summed E-state index contributed by atoms with van der Waals surface area (Å²) in [6.07, 6.45) is 3.01. The van der Waals surface area contributed by atoms with Crippen LogP contribution in [0, 0.1) is 0 Å². The first-order valence-electron chi connectivity index (χ1n) is 7.68. The third kappa shape index (κ3) is 4.08. The van der Waals surface area contributed by atoms with Gasteiger partial charge in [0.25, 0.3) is 0 Å². The summed E-state index contributed by atoms with van der Waals surface area (Å²) in [5, 5.41) is 20.1. The van der Waals surface area contributed by atoms with E-state index >= 15 is 0 Å². The molecule has 1 heterocycles. The lowest BCUT2D eigenvalue weighted by molar-refractivity contribution is -0.140. The van der Waals surface area contributed by atoms with E-state index in [2.05, 4.69) is 15.5 Å². The number of hydrogen-bond acceptors (Lipinski definition) is 4. The van der Waals surface area contributed by atoms with E-state index in [4.69, 9.17) is 0 Å². The number of nitrogens with zero attached hydrogens (tertiary/aromatic N) is 3. The van der Waals surface area contributed by atoms with Crippen LogP contribution < -0.4 is 5.32 Å². The highest BCUT2D eigenvalue weighted by molar-refractivity contribution is 5.94. The molecule has 0 bridgehead atoms. The average Bonchev–Trinajstić information content (AvgIpc) is 3.15. The Hall–Kier alpha value is -3.48. The molecule has 7 nitrogen and oxygen atoms in total. The van der Waals surface area contributed by atoms with Gasteiger partial charge in [-0.15, -0.1) is 0 Å². The Kier molecular flexibility index (Phi) is 4.84. The minimum atomic E-state index is -1.03. The molecule has 126 valence electrons. The van der Waals surface area contributed by atoms with Crippen LogP contribution in [-0.4, -0.2) is 32.0 Å². The van der Waals surface area contributed by atoms with Crippen molar-refractivity contribution in [2.75, 3.05) is 5.32 Å². The van der Waals surface area contributed by atoms with Crippen molar-refractivity contribution in [3.8, 4) is 5.69 Å². The maximum Gasteiger partial charge on any atom is 0.311 e. The number of carbonyl (C=O) groups excluding carboxylic acids is 1. The highest BCUT2D eigenvalue weighted by Gasteiger charge is 2.23. The maximum atomic E-state index is 12.2. The number of carbonyl (C=O) groups is 2. The van der Waals surface area contributed by atoms with Gasteiger partial charge in [0.1, 0.15) is 0 Å². The number of carboxylic acids is 1. The summed E-state index contributed by atoms with van der Waals surface area (Å²) in [6.45, 7) is 0. The van der Waals surface area contributed by atoms with E-state index in [1.54, 1.807) is 67.0 Å². The van der Waals surface area contributed by atoms with E-state index in [1.165, 1.54) is 4.80 Å². The van der Waals surface area contributed by atoms with Crippen LogP contribution >= 0.6 is 0 Å². The zero-order valence-electron chi connectivity index (χ0n) is 13.2. The summed E-state index contributed by atoms with van der Waals surface area (Å²) >= 11 is 0. The van der Waals surface area contributed by atoms with Gasteiger partial charge in [-0.05, 0) is 29.8 Å². The predicted molar refractivity (Wildman–Crippen MR) is 91.4 cm³/mol. The number of aromatic nitrogens is 3. The molecule has 7 heteroatoms. The van der Waals surface area contributed by atoms with E-state index in [-0.39, 0.29) is 12.3 Å². The van der Waals surface area contributed by atoms with Crippen molar-refractivity contribution in [2.45, 2.75) is 12.3 Å². The topological polar surface area (TPSA) is 97.1 Å². The average molecular weight is 336 g/mol. The third-order valence-corrected chi connectivity index (χ3v) is 3.69. The summed E-state index contributed by atoms with van der Waals surface area (Å²) < 4.78 is 0. The first-order chi connectivity index (χ1) is 12.1. The molecule has 0 saturated carbocycles. The second-order valence-electron chi connectivity index (χ2n) is 5.42. The highest BCUT2D eigenvalue weighted by atomic mass is 16.4.